The number of hydroxylamine groups is 1. The third-order valence-electron chi connectivity index (χ3n) is 4.48. The molecule has 2 aromatic carbocycles. The molecule has 0 heterocycles. The third-order valence-corrected chi connectivity index (χ3v) is 4.71. The van der Waals surface area contributed by atoms with Crippen molar-refractivity contribution in [2.45, 2.75) is 25.3 Å². The van der Waals surface area contributed by atoms with Crippen LogP contribution in [0.25, 0.3) is 6.08 Å². The maximum atomic E-state index is 11.1. The van der Waals surface area contributed by atoms with Crippen molar-refractivity contribution < 1.29 is 10.0 Å². The molecule has 3 N–H and O–H groups in total. The first kappa shape index (κ1) is 17.7. The fourth-order valence-electron chi connectivity index (χ4n) is 3.25. The van der Waals surface area contributed by atoms with Gasteiger partial charge in [-0.25, -0.2) is 5.48 Å². The Morgan fingerprint density at radius 1 is 1.28 bits per heavy atom. The van der Waals surface area contributed by atoms with Gasteiger partial charge in [0.1, 0.15) is 0 Å². The van der Waals surface area contributed by atoms with E-state index in [-0.39, 0.29) is 0 Å². The summed E-state index contributed by atoms with van der Waals surface area (Å²) in [6.07, 6.45) is 6.07. The summed E-state index contributed by atoms with van der Waals surface area (Å²) in [7, 11) is 0. The lowest BCUT2D eigenvalue weighted by Gasteiger charge is -2.14. The van der Waals surface area contributed by atoms with E-state index in [1.165, 1.54) is 22.8 Å². The van der Waals surface area contributed by atoms with Crippen molar-refractivity contribution in [1.82, 2.24) is 10.8 Å². The quantitative estimate of drug-likeness (QED) is 0.420. The summed E-state index contributed by atoms with van der Waals surface area (Å²) < 4.78 is 0. The minimum atomic E-state index is -0.527. The molecule has 4 nitrogen and oxygen atoms in total. The van der Waals surface area contributed by atoms with Crippen LogP contribution in [0.15, 0.2) is 48.5 Å². The molecule has 1 unspecified atom stereocenters. The van der Waals surface area contributed by atoms with Gasteiger partial charge in [0.15, 0.2) is 0 Å². The number of nitrogens with one attached hydrogen (secondary N) is 2. The summed E-state index contributed by atoms with van der Waals surface area (Å²) in [6.45, 7) is 0.906. The van der Waals surface area contributed by atoms with E-state index >= 15 is 0 Å². The van der Waals surface area contributed by atoms with Crippen LogP contribution in [0.1, 0.15) is 34.7 Å². The molecule has 130 valence electrons. The highest BCUT2D eigenvalue weighted by Gasteiger charge is 2.21. The Morgan fingerprint density at radius 2 is 2.16 bits per heavy atom. The van der Waals surface area contributed by atoms with Gasteiger partial charge in [-0.3, -0.25) is 10.0 Å². The first-order chi connectivity index (χ1) is 12.2. The van der Waals surface area contributed by atoms with Crippen LogP contribution in [0.4, 0.5) is 0 Å². The number of benzene rings is 2. The highest BCUT2D eigenvalue weighted by Crippen LogP contribution is 2.32. The smallest absolute Gasteiger partial charge is 0.267 e. The summed E-state index contributed by atoms with van der Waals surface area (Å²) in [5.41, 5.74) is 6.43. The molecule has 2 aromatic rings. The van der Waals surface area contributed by atoms with Crippen molar-refractivity contribution in [3.8, 4) is 0 Å². The van der Waals surface area contributed by atoms with E-state index < -0.39 is 5.91 Å². The summed E-state index contributed by atoms with van der Waals surface area (Å²) in [6, 6.07) is 14.6. The Labute approximate surface area is 152 Å². The number of halogens is 1. The summed E-state index contributed by atoms with van der Waals surface area (Å²) in [5.74, 6) is -0.527. The zero-order chi connectivity index (χ0) is 17.6. The summed E-state index contributed by atoms with van der Waals surface area (Å²) in [5, 5.41) is 12.9. The molecular formula is C20H21ClN2O2. The van der Waals surface area contributed by atoms with Gasteiger partial charge in [-0.15, -0.1) is 0 Å². The second-order valence-corrected chi connectivity index (χ2v) is 6.63. The van der Waals surface area contributed by atoms with Crippen molar-refractivity contribution in [2.75, 3.05) is 6.54 Å². The number of hydrogen-bond acceptors (Lipinski definition) is 3. The van der Waals surface area contributed by atoms with Gasteiger partial charge in [-0.05, 0) is 66.3 Å². The molecule has 0 saturated carbocycles. The van der Waals surface area contributed by atoms with Crippen LogP contribution in [-0.2, 0) is 17.6 Å². The number of rotatable bonds is 6. The number of fused-ring (bicyclic) bond motifs is 1. The van der Waals surface area contributed by atoms with Crippen LogP contribution in [0, 0.1) is 0 Å². The molecule has 3 rings (SSSR count). The topological polar surface area (TPSA) is 61.4 Å². The molecule has 0 spiro atoms. The van der Waals surface area contributed by atoms with E-state index in [4.69, 9.17) is 16.8 Å². The standard InChI is InChI=1S/C20H21ClN2O2/c21-17-3-1-2-14(13-17)10-11-22-19-8-6-16-12-15(4-7-18(16)19)5-9-20(24)23-25/h1-5,7,9,12-13,19,22,25H,6,8,10-11H2,(H,23,24)/b9-5+. The van der Waals surface area contributed by atoms with Crippen LogP contribution < -0.4 is 10.8 Å². The Morgan fingerprint density at radius 3 is 2.96 bits per heavy atom. The van der Waals surface area contributed by atoms with Gasteiger partial charge in [-0.1, -0.05) is 41.9 Å². The van der Waals surface area contributed by atoms with Crippen molar-refractivity contribution >= 4 is 23.6 Å². The van der Waals surface area contributed by atoms with Gasteiger partial charge >= 0.3 is 0 Å². The van der Waals surface area contributed by atoms with E-state index in [0.717, 1.165) is 36.4 Å². The second-order valence-electron chi connectivity index (χ2n) is 6.19. The molecule has 1 aliphatic carbocycles. The first-order valence-electron chi connectivity index (χ1n) is 8.38. The zero-order valence-electron chi connectivity index (χ0n) is 13.8. The van der Waals surface area contributed by atoms with E-state index in [1.807, 2.05) is 24.3 Å². The maximum Gasteiger partial charge on any atom is 0.267 e. The van der Waals surface area contributed by atoms with Crippen LogP contribution >= 0.6 is 11.6 Å². The summed E-state index contributed by atoms with van der Waals surface area (Å²) >= 11 is 6.02. The van der Waals surface area contributed by atoms with Gasteiger partial charge in [0.05, 0.1) is 0 Å². The molecule has 1 aliphatic rings. The highest BCUT2D eigenvalue weighted by molar-refractivity contribution is 6.30. The van der Waals surface area contributed by atoms with Gasteiger partial charge in [0, 0.05) is 17.1 Å². The van der Waals surface area contributed by atoms with Crippen molar-refractivity contribution in [1.29, 1.82) is 0 Å². The minimum Gasteiger partial charge on any atom is -0.310 e. The zero-order valence-corrected chi connectivity index (χ0v) is 14.6. The van der Waals surface area contributed by atoms with Gasteiger partial charge in [-0.2, -0.15) is 0 Å². The molecule has 0 aliphatic heterocycles. The van der Waals surface area contributed by atoms with Crippen molar-refractivity contribution in [3.05, 3.63) is 75.8 Å². The van der Waals surface area contributed by atoms with Crippen LogP contribution in [0.2, 0.25) is 5.02 Å². The number of hydrogen-bond donors (Lipinski definition) is 3. The average Bonchev–Trinajstić information content (AvgIpc) is 3.02. The Balaban J connectivity index is 1.58. The fraction of sp³-hybridized carbons (Fsp3) is 0.250. The number of carbonyl (C=O) groups excluding carboxylic acids is 1. The average molecular weight is 357 g/mol. The molecule has 0 bridgehead atoms. The molecule has 5 heteroatoms. The molecule has 1 atom stereocenters. The minimum absolute atomic E-state index is 0.368. The molecular weight excluding hydrogens is 336 g/mol. The second kappa shape index (κ2) is 8.30. The fourth-order valence-corrected chi connectivity index (χ4v) is 3.46. The predicted octanol–water partition coefficient (Wildman–Crippen LogP) is 3.68. The van der Waals surface area contributed by atoms with E-state index in [1.54, 1.807) is 11.6 Å². The number of carbonyl (C=O) groups is 1. The number of aryl methyl sites for hydroxylation is 1. The molecule has 0 aromatic heterocycles. The van der Waals surface area contributed by atoms with Crippen LogP contribution in [0.3, 0.4) is 0 Å². The third kappa shape index (κ3) is 4.69. The normalized spacial score (nSPS) is 16.2. The Bertz CT molecular complexity index is 789. The molecule has 25 heavy (non-hydrogen) atoms. The van der Waals surface area contributed by atoms with Gasteiger partial charge in [0.25, 0.3) is 5.91 Å². The van der Waals surface area contributed by atoms with E-state index in [0.29, 0.717) is 6.04 Å². The predicted molar refractivity (Wildman–Crippen MR) is 99.6 cm³/mol. The SMILES string of the molecule is O=C(/C=C/c1ccc2c(c1)CCC2NCCc1cccc(Cl)c1)NO. The van der Waals surface area contributed by atoms with Gasteiger partial charge < -0.3 is 5.32 Å². The monoisotopic (exact) mass is 356 g/mol. The summed E-state index contributed by atoms with van der Waals surface area (Å²) in [4.78, 5) is 11.1. The van der Waals surface area contributed by atoms with Crippen molar-refractivity contribution in [2.24, 2.45) is 0 Å². The lowest BCUT2D eigenvalue weighted by Crippen LogP contribution is -2.21. The van der Waals surface area contributed by atoms with Gasteiger partial charge in [0.2, 0.25) is 0 Å². The molecule has 0 fully saturated rings. The van der Waals surface area contributed by atoms with Crippen LogP contribution in [-0.4, -0.2) is 17.7 Å². The first-order valence-corrected chi connectivity index (χ1v) is 8.76. The Hall–Kier alpha value is -2.14. The maximum absolute atomic E-state index is 11.1. The van der Waals surface area contributed by atoms with E-state index in [9.17, 15) is 4.79 Å². The molecule has 0 radical (unpaired) electrons. The highest BCUT2D eigenvalue weighted by atomic mass is 35.5. The number of amides is 1. The molecule has 0 saturated heterocycles. The van der Waals surface area contributed by atoms with E-state index in [2.05, 4.69) is 23.5 Å². The largest absolute Gasteiger partial charge is 0.310 e. The lowest BCUT2D eigenvalue weighted by atomic mass is 10.0. The Kier molecular flexibility index (Phi) is 5.87. The van der Waals surface area contributed by atoms with Crippen molar-refractivity contribution in [3.63, 3.8) is 0 Å². The lowest BCUT2D eigenvalue weighted by molar-refractivity contribution is -0.124. The molecule has 1 amide bonds. The van der Waals surface area contributed by atoms with Crippen LogP contribution in [0.5, 0.6) is 0 Å².